The number of benzene rings is 2. The van der Waals surface area contributed by atoms with Gasteiger partial charge in [-0.1, -0.05) is 18.2 Å². The van der Waals surface area contributed by atoms with E-state index >= 15 is 0 Å². The molecule has 0 radical (unpaired) electrons. The van der Waals surface area contributed by atoms with Crippen LogP contribution in [-0.2, 0) is 0 Å². The molecule has 0 aliphatic carbocycles. The molecule has 0 saturated carbocycles. The molecule has 23 heavy (non-hydrogen) atoms. The van der Waals surface area contributed by atoms with Gasteiger partial charge in [0.05, 0.1) is 6.61 Å². The van der Waals surface area contributed by atoms with Crippen LogP contribution in [-0.4, -0.2) is 19.2 Å². The lowest BCUT2D eigenvalue weighted by Gasteiger charge is -2.09. The van der Waals surface area contributed by atoms with Gasteiger partial charge in [-0.3, -0.25) is 0 Å². The number of para-hydroxylation sites is 1. The fourth-order valence-electron chi connectivity index (χ4n) is 1.82. The van der Waals surface area contributed by atoms with Crippen LogP contribution in [0.1, 0.15) is 6.42 Å². The van der Waals surface area contributed by atoms with Crippen molar-refractivity contribution in [1.82, 2.24) is 5.32 Å². The Morgan fingerprint density at radius 2 is 1.87 bits per heavy atom. The second-order valence-corrected chi connectivity index (χ2v) is 5.47. The van der Waals surface area contributed by atoms with E-state index in [1.54, 1.807) is 24.3 Å². The van der Waals surface area contributed by atoms with E-state index in [2.05, 4.69) is 10.6 Å². The summed E-state index contributed by atoms with van der Waals surface area (Å²) < 4.78 is 5.54. The number of amides is 2. The summed E-state index contributed by atoms with van der Waals surface area (Å²) in [7, 11) is 0. The van der Waals surface area contributed by atoms with Gasteiger partial charge in [0.25, 0.3) is 0 Å². The number of thioether (sulfide) groups is 1. The number of rotatable bonds is 7. The molecule has 6 heteroatoms. The zero-order valence-corrected chi connectivity index (χ0v) is 13.3. The van der Waals surface area contributed by atoms with Crippen LogP contribution >= 0.6 is 11.8 Å². The highest BCUT2D eigenvalue weighted by atomic mass is 32.2. The largest absolute Gasteiger partial charge is 0.494 e. The molecule has 0 saturated heterocycles. The Labute approximate surface area is 139 Å². The second-order valence-electron chi connectivity index (χ2n) is 4.61. The zero-order chi connectivity index (χ0) is 16.3. The SMILES string of the molecule is N#CSc1ccc(NC(=O)NCCCOc2ccccc2)cc1. The first-order valence-electron chi connectivity index (χ1n) is 7.16. The molecule has 0 atom stereocenters. The monoisotopic (exact) mass is 327 g/mol. The summed E-state index contributed by atoms with van der Waals surface area (Å²) >= 11 is 1.08. The molecule has 5 nitrogen and oxygen atoms in total. The summed E-state index contributed by atoms with van der Waals surface area (Å²) in [6.07, 6.45) is 0.722. The molecule has 0 aliphatic rings. The van der Waals surface area contributed by atoms with Gasteiger partial charge in [0, 0.05) is 17.1 Å². The Hall–Kier alpha value is -2.65. The molecule has 2 aromatic rings. The maximum atomic E-state index is 11.7. The number of hydrogen-bond acceptors (Lipinski definition) is 4. The van der Waals surface area contributed by atoms with Gasteiger partial charge in [-0.2, -0.15) is 5.26 Å². The summed E-state index contributed by atoms with van der Waals surface area (Å²) in [6, 6.07) is 16.4. The molecule has 0 aliphatic heterocycles. The van der Waals surface area contributed by atoms with Gasteiger partial charge in [-0.05, 0) is 54.6 Å². The second kappa shape index (κ2) is 9.38. The molecule has 2 amide bonds. The summed E-state index contributed by atoms with van der Waals surface area (Å²) in [6.45, 7) is 1.07. The zero-order valence-electron chi connectivity index (χ0n) is 12.5. The van der Waals surface area contributed by atoms with Gasteiger partial charge in [-0.15, -0.1) is 0 Å². The molecule has 0 heterocycles. The number of urea groups is 1. The van der Waals surface area contributed by atoms with Gasteiger partial charge >= 0.3 is 6.03 Å². The van der Waals surface area contributed by atoms with E-state index in [-0.39, 0.29) is 6.03 Å². The van der Waals surface area contributed by atoms with E-state index in [9.17, 15) is 4.79 Å². The van der Waals surface area contributed by atoms with Gasteiger partial charge in [0.15, 0.2) is 0 Å². The Bertz CT molecular complexity index is 654. The lowest BCUT2D eigenvalue weighted by molar-refractivity contribution is 0.250. The maximum absolute atomic E-state index is 11.7. The number of hydrogen-bond donors (Lipinski definition) is 2. The number of nitrogens with one attached hydrogen (secondary N) is 2. The van der Waals surface area contributed by atoms with E-state index in [1.807, 2.05) is 35.7 Å². The third-order valence-corrected chi connectivity index (χ3v) is 3.49. The van der Waals surface area contributed by atoms with E-state index in [4.69, 9.17) is 10.00 Å². The maximum Gasteiger partial charge on any atom is 0.319 e. The predicted octanol–water partition coefficient (Wildman–Crippen LogP) is 3.85. The van der Waals surface area contributed by atoms with Crippen molar-refractivity contribution in [3.05, 3.63) is 54.6 Å². The van der Waals surface area contributed by atoms with Crippen LogP contribution in [0.4, 0.5) is 10.5 Å². The van der Waals surface area contributed by atoms with Crippen molar-refractivity contribution in [2.24, 2.45) is 0 Å². The number of thiocyanates is 1. The van der Waals surface area contributed by atoms with Gasteiger partial charge < -0.3 is 15.4 Å². The van der Waals surface area contributed by atoms with Crippen LogP contribution < -0.4 is 15.4 Å². The van der Waals surface area contributed by atoms with Crippen molar-refractivity contribution in [3.8, 4) is 11.2 Å². The molecule has 0 fully saturated rings. The lowest BCUT2D eigenvalue weighted by Crippen LogP contribution is -2.30. The molecule has 2 aromatic carbocycles. The smallest absolute Gasteiger partial charge is 0.319 e. The van der Waals surface area contributed by atoms with E-state index < -0.39 is 0 Å². The number of carbonyl (C=O) groups is 1. The highest BCUT2D eigenvalue weighted by Gasteiger charge is 2.01. The van der Waals surface area contributed by atoms with Gasteiger partial charge in [0.1, 0.15) is 11.2 Å². The molecule has 2 N–H and O–H groups in total. The minimum absolute atomic E-state index is 0.259. The van der Waals surface area contributed by atoms with E-state index in [1.165, 1.54) is 0 Å². The van der Waals surface area contributed by atoms with Crippen LogP contribution in [0.5, 0.6) is 5.75 Å². The number of nitriles is 1. The highest BCUT2D eigenvalue weighted by molar-refractivity contribution is 8.03. The summed E-state index contributed by atoms with van der Waals surface area (Å²) in [4.78, 5) is 12.6. The van der Waals surface area contributed by atoms with Crippen molar-refractivity contribution in [3.63, 3.8) is 0 Å². The molecule has 0 spiro atoms. The van der Waals surface area contributed by atoms with Gasteiger partial charge in [0.2, 0.25) is 0 Å². The number of ether oxygens (including phenoxy) is 1. The van der Waals surface area contributed by atoms with E-state index in [0.29, 0.717) is 18.8 Å². The molecular formula is C17H17N3O2S. The van der Waals surface area contributed by atoms with Crippen molar-refractivity contribution in [1.29, 1.82) is 5.26 Å². The third kappa shape index (κ3) is 6.32. The van der Waals surface area contributed by atoms with E-state index in [0.717, 1.165) is 28.8 Å². The molecule has 0 aromatic heterocycles. The Kier molecular flexibility index (Phi) is 6.82. The Morgan fingerprint density at radius 3 is 2.57 bits per heavy atom. The fraction of sp³-hybridized carbons (Fsp3) is 0.176. The average Bonchev–Trinajstić information content (AvgIpc) is 2.57. The van der Waals surface area contributed by atoms with Crippen LogP contribution in [0.15, 0.2) is 59.5 Å². The Morgan fingerprint density at radius 1 is 1.13 bits per heavy atom. The highest BCUT2D eigenvalue weighted by Crippen LogP contribution is 2.18. The van der Waals surface area contributed by atoms with Crippen LogP contribution in [0.25, 0.3) is 0 Å². The number of anilines is 1. The minimum Gasteiger partial charge on any atom is -0.494 e. The molecular weight excluding hydrogens is 310 g/mol. The molecule has 118 valence electrons. The lowest BCUT2D eigenvalue weighted by atomic mass is 10.3. The third-order valence-electron chi connectivity index (χ3n) is 2.89. The van der Waals surface area contributed by atoms with Crippen LogP contribution in [0, 0.1) is 10.7 Å². The minimum atomic E-state index is -0.259. The molecule has 0 bridgehead atoms. The summed E-state index contributed by atoms with van der Waals surface area (Å²) in [5.74, 6) is 0.826. The Balaban J connectivity index is 1.62. The molecule has 0 unspecified atom stereocenters. The number of nitrogens with zero attached hydrogens (tertiary/aromatic N) is 1. The first kappa shape index (κ1) is 16.7. The van der Waals surface area contributed by atoms with Crippen molar-refractivity contribution < 1.29 is 9.53 Å². The van der Waals surface area contributed by atoms with Gasteiger partial charge in [-0.25, -0.2) is 4.79 Å². The van der Waals surface area contributed by atoms with Crippen molar-refractivity contribution >= 4 is 23.5 Å². The fourth-order valence-corrected chi connectivity index (χ4v) is 2.19. The van der Waals surface area contributed by atoms with Crippen LogP contribution in [0.2, 0.25) is 0 Å². The first-order valence-corrected chi connectivity index (χ1v) is 7.98. The van der Waals surface area contributed by atoms with Crippen molar-refractivity contribution in [2.45, 2.75) is 11.3 Å². The predicted molar refractivity (Wildman–Crippen MR) is 91.5 cm³/mol. The molecule has 2 rings (SSSR count). The first-order chi connectivity index (χ1) is 11.3. The number of carbonyl (C=O) groups excluding carboxylic acids is 1. The standard InChI is InChI=1S/C17H17N3O2S/c18-13-23-16-9-7-14(8-10-16)20-17(21)19-11-4-12-22-15-5-2-1-3-6-15/h1-3,5-10H,4,11-12H2,(H2,19,20,21). The quantitative estimate of drug-likeness (QED) is 0.460. The van der Waals surface area contributed by atoms with Crippen molar-refractivity contribution in [2.75, 3.05) is 18.5 Å². The summed E-state index contributed by atoms with van der Waals surface area (Å²) in [5.41, 5.74) is 0.685. The topological polar surface area (TPSA) is 74.2 Å². The summed E-state index contributed by atoms with van der Waals surface area (Å²) in [5, 5.41) is 16.1. The average molecular weight is 327 g/mol. The normalized spacial score (nSPS) is 9.70. The van der Waals surface area contributed by atoms with Crippen LogP contribution in [0.3, 0.4) is 0 Å².